The number of nitrogens with zero attached hydrogens (tertiary/aromatic N) is 4. The third-order valence-corrected chi connectivity index (χ3v) is 5.29. The Morgan fingerprint density at radius 2 is 2.10 bits per heavy atom. The van der Waals surface area contributed by atoms with E-state index in [1.165, 1.54) is 0 Å². The number of hydrogen-bond acceptors (Lipinski definition) is 6. The van der Waals surface area contributed by atoms with Crippen molar-refractivity contribution in [3.63, 3.8) is 0 Å². The van der Waals surface area contributed by atoms with Crippen molar-refractivity contribution >= 4 is 17.8 Å². The van der Waals surface area contributed by atoms with Crippen LogP contribution in [-0.2, 0) is 11.2 Å². The summed E-state index contributed by atoms with van der Waals surface area (Å²) >= 11 is 0. The fraction of sp³-hybridized carbons (Fsp3) is 0.478. The number of hydrogen-bond donors (Lipinski definition) is 1. The molecule has 0 aliphatic carbocycles. The number of likely N-dealkylation sites (tertiary alicyclic amines) is 1. The summed E-state index contributed by atoms with van der Waals surface area (Å²) in [5.41, 5.74) is 2.10. The SMILES string of the molecule is COc1cccc(CC(=O)N2CCC(c3nc(N(C)C)ncc3C(=O)NC(C)C)C2)c1. The first-order chi connectivity index (χ1) is 14.8. The second-order valence-electron chi connectivity index (χ2n) is 8.35. The zero-order valence-electron chi connectivity index (χ0n) is 18.9. The molecule has 1 N–H and O–H groups in total. The number of ether oxygens (including phenoxy) is 1. The average Bonchev–Trinajstić information content (AvgIpc) is 3.23. The van der Waals surface area contributed by atoms with Crippen LogP contribution in [0.1, 0.15) is 47.8 Å². The summed E-state index contributed by atoms with van der Waals surface area (Å²) in [7, 11) is 5.35. The predicted octanol–water partition coefficient (Wildman–Crippen LogP) is 2.25. The Balaban J connectivity index is 1.78. The van der Waals surface area contributed by atoms with E-state index < -0.39 is 0 Å². The van der Waals surface area contributed by atoms with Crippen molar-refractivity contribution in [2.45, 2.75) is 38.6 Å². The first-order valence-electron chi connectivity index (χ1n) is 10.5. The van der Waals surface area contributed by atoms with Gasteiger partial charge in [0.2, 0.25) is 11.9 Å². The summed E-state index contributed by atoms with van der Waals surface area (Å²) in [5, 5.41) is 2.92. The third kappa shape index (κ3) is 5.51. The van der Waals surface area contributed by atoms with Crippen LogP contribution in [0.4, 0.5) is 5.95 Å². The topological polar surface area (TPSA) is 87.7 Å². The van der Waals surface area contributed by atoms with Gasteiger partial charge in [-0.25, -0.2) is 9.97 Å². The summed E-state index contributed by atoms with van der Waals surface area (Å²) in [6.07, 6.45) is 2.67. The van der Waals surface area contributed by atoms with E-state index >= 15 is 0 Å². The molecule has 2 amide bonds. The van der Waals surface area contributed by atoms with Crippen LogP contribution in [0.3, 0.4) is 0 Å². The standard InChI is InChI=1S/C23H31N5O3/c1-15(2)25-22(30)19-13-24-23(27(3)4)26-21(19)17-9-10-28(14-17)20(29)12-16-7-6-8-18(11-16)31-5/h6-8,11,13,15,17H,9-10,12,14H2,1-5H3,(H,25,30). The smallest absolute Gasteiger partial charge is 0.254 e. The zero-order valence-corrected chi connectivity index (χ0v) is 18.9. The van der Waals surface area contributed by atoms with Gasteiger partial charge in [-0.1, -0.05) is 12.1 Å². The quantitative estimate of drug-likeness (QED) is 0.732. The van der Waals surface area contributed by atoms with E-state index in [2.05, 4.69) is 15.3 Å². The maximum Gasteiger partial charge on any atom is 0.254 e. The Labute approximate surface area is 183 Å². The number of aromatic nitrogens is 2. The highest BCUT2D eigenvalue weighted by Crippen LogP contribution is 2.30. The van der Waals surface area contributed by atoms with E-state index in [1.54, 1.807) is 13.3 Å². The Kier molecular flexibility index (Phi) is 7.09. The van der Waals surface area contributed by atoms with Crippen LogP contribution in [0.25, 0.3) is 0 Å². The highest BCUT2D eigenvalue weighted by Gasteiger charge is 2.32. The molecule has 8 nitrogen and oxygen atoms in total. The molecule has 2 heterocycles. The van der Waals surface area contributed by atoms with Crippen LogP contribution >= 0.6 is 0 Å². The lowest BCUT2D eigenvalue weighted by Crippen LogP contribution is -2.33. The van der Waals surface area contributed by atoms with Crippen molar-refractivity contribution in [1.29, 1.82) is 0 Å². The highest BCUT2D eigenvalue weighted by atomic mass is 16.5. The van der Waals surface area contributed by atoms with Gasteiger partial charge in [0.15, 0.2) is 0 Å². The summed E-state index contributed by atoms with van der Waals surface area (Å²) in [4.78, 5) is 38.3. The van der Waals surface area contributed by atoms with Gasteiger partial charge in [0.1, 0.15) is 5.75 Å². The monoisotopic (exact) mass is 425 g/mol. The second-order valence-corrected chi connectivity index (χ2v) is 8.35. The molecule has 2 aromatic rings. The van der Waals surface area contributed by atoms with Crippen molar-refractivity contribution in [3.8, 4) is 5.75 Å². The lowest BCUT2D eigenvalue weighted by Gasteiger charge is -2.20. The Hall–Kier alpha value is -3.16. The number of methoxy groups -OCH3 is 1. The second kappa shape index (κ2) is 9.76. The maximum absolute atomic E-state index is 12.9. The molecule has 1 fully saturated rings. The molecular formula is C23H31N5O3. The number of carbonyl (C=O) groups excluding carboxylic acids is 2. The van der Waals surface area contributed by atoms with Gasteiger partial charge in [0.05, 0.1) is 24.8 Å². The van der Waals surface area contributed by atoms with Crippen LogP contribution in [-0.4, -0.2) is 67.0 Å². The molecular weight excluding hydrogens is 394 g/mol. The lowest BCUT2D eigenvalue weighted by molar-refractivity contribution is -0.129. The molecule has 31 heavy (non-hydrogen) atoms. The van der Waals surface area contributed by atoms with E-state index in [0.717, 1.165) is 17.7 Å². The van der Waals surface area contributed by atoms with E-state index in [-0.39, 0.29) is 23.8 Å². The van der Waals surface area contributed by atoms with E-state index in [1.807, 2.05) is 62.0 Å². The Morgan fingerprint density at radius 1 is 1.32 bits per heavy atom. The number of nitrogens with one attached hydrogen (secondary N) is 1. The number of amides is 2. The summed E-state index contributed by atoms with van der Waals surface area (Å²) in [5.74, 6) is 1.16. The minimum absolute atomic E-state index is 0.0103. The first-order valence-corrected chi connectivity index (χ1v) is 10.5. The minimum atomic E-state index is -0.184. The van der Waals surface area contributed by atoms with Gasteiger partial charge in [-0.2, -0.15) is 0 Å². The van der Waals surface area contributed by atoms with Crippen LogP contribution < -0.4 is 15.0 Å². The molecule has 1 atom stereocenters. The zero-order chi connectivity index (χ0) is 22.5. The molecule has 8 heteroatoms. The number of carbonyl (C=O) groups is 2. The first kappa shape index (κ1) is 22.5. The van der Waals surface area contributed by atoms with Gasteiger partial charge in [-0.05, 0) is 38.0 Å². The number of anilines is 1. The molecule has 1 unspecified atom stereocenters. The van der Waals surface area contributed by atoms with Crippen molar-refractivity contribution in [3.05, 3.63) is 47.3 Å². The van der Waals surface area contributed by atoms with E-state index in [4.69, 9.17) is 4.74 Å². The predicted molar refractivity (Wildman–Crippen MR) is 120 cm³/mol. The van der Waals surface area contributed by atoms with Crippen molar-refractivity contribution in [2.24, 2.45) is 0 Å². The molecule has 1 aromatic carbocycles. The summed E-state index contributed by atoms with van der Waals surface area (Å²) in [6.45, 7) is 5.01. The number of benzene rings is 1. The third-order valence-electron chi connectivity index (χ3n) is 5.29. The normalized spacial score (nSPS) is 15.8. The van der Waals surface area contributed by atoms with Crippen LogP contribution in [0.5, 0.6) is 5.75 Å². The molecule has 0 bridgehead atoms. The van der Waals surface area contributed by atoms with Crippen LogP contribution in [0.2, 0.25) is 0 Å². The van der Waals surface area contributed by atoms with Gasteiger partial charge in [-0.15, -0.1) is 0 Å². The molecule has 1 aromatic heterocycles. The Bertz CT molecular complexity index is 945. The Morgan fingerprint density at radius 3 is 2.77 bits per heavy atom. The maximum atomic E-state index is 12.9. The molecule has 166 valence electrons. The minimum Gasteiger partial charge on any atom is -0.497 e. The molecule has 0 radical (unpaired) electrons. The van der Waals surface area contributed by atoms with Gasteiger partial charge in [-0.3, -0.25) is 9.59 Å². The summed E-state index contributed by atoms with van der Waals surface area (Å²) in [6, 6.07) is 7.57. The molecule has 3 rings (SSSR count). The largest absolute Gasteiger partial charge is 0.497 e. The fourth-order valence-corrected chi connectivity index (χ4v) is 3.71. The van der Waals surface area contributed by atoms with Crippen molar-refractivity contribution in [1.82, 2.24) is 20.2 Å². The van der Waals surface area contributed by atoms with Crippen LogP contribution in [0, 0.1) is 0 Å². The van der Waals surface area contributed by atoms with Gasteiger partial charge < -0.3 is 19.9 Å². The molecule has 1 saturated heterocycles. The van der Waals surface area contributed by atoms with Gasteiger partial charge >= 0.3 is 0 Å². The summed E-state index contributed by atoms with van der Waals surface area (Å²) < 4.78 is 5.25. The highest BCUT2D eigenvalue weighted by molar-refractivity contribution is 5.95. The van der Waals surface area contributed by atoms with E-state index in [9.17, 15) is 9.59 Å². The lowest BCUT2D eigenvalue weighted by atomic mass is 9.99. The molecule has 1 aliphatic heterocycles. The van der Waals surface area contributed by atoms with Gasteiger partial charge in [0.25, 0.3) is 5.91 Å². The molecule has 0 saturated carbocycles. The molecule has 1 aliphatic rings. The van der Waals surface area contributed by atoms with Crippen LogP contribution in [0.15, 0.2) is 30.5 Å². The van der Waals surface area contributed by atoms with Crippen molar-refractivity contribution in [2.75, 3.05) is 39.2 Å². The fourth-order valence-electron chi connectivity index (χ4n) is 3.71. The van der Waals surface area contributed by atoms with E-state index in [0.29, 0.717) is 36.7 Å². The van der Waals surface area contributed by atoms with Gasteiger partial charge in [0, 0.05) is 45.3 Å². The molecule has 0 spiro atoms. The van der Waals surface area contributed by atoms with Crippen molar-refractivity contribution < 1.29 is 14.3 Å². The average molecular weight is 426 g/mol. The number of rotatable bonds is 7.